The Labute approximate surface area is 120 Å². The number of amides is 1. The molecular formula is C16H23NO3. The van der Waals surface area contributed by atoms with Gasteiger partial charge in [0.05, 0.1) is 6.42 Å². The van der Waals surface area contributed by atoms with E-state index < -0.39 is 5.97 Å². The minimum Gasteiger partial charge on any atom is -0.481 e. The normalized spacial score (nSPS) is 12.8. The molecule has 0 radical (unpaired) electrons. The van der Waals surface area contributed by atoms with E-state index in [0.717, 1.165) is 5.56 Å². The Morgan fingerprint density at radius 1 is 1.25 bits per heavy atom. The molecule has 1 amide bonds. The fourth-order valence-electron chi connectivity index (χ4n) is 2.11. The van der Waals surface area contributed by atoms with E-state index in [0.29, 0.717) is 12.0 Å². The number of carbonyl (C=O) groups excluding carboxylic acids is 1. The highest BCUT2D eigenvalue weighted by Gasteiger charge is 2.22. The third-order valence-electron chi connectivity index (χ3n) is 3.23. The predicted molar refractivity (Wildman–Crippen MR) is 78.9 cm³/mol. The van der Waals surface area contributed by atoms with Gasteiger partial charge in [-0.25, -0.2) is 0 Å². The standard InChI is InChI=1S/C16H23NO3/c1-5-11(10-14(18)19)17-15(20)12-8-6-7-9-13(12)16(2,3)4/h6-9,11H,5,10H2,1-4H3,(H,17,20)(H,18,19). The van der Waals surface area contributed by atoms with Crippen molar-refractivity contribution in [3.05, 3.63) is 35.4 Å². The van der Waals surface area contributed by atoms with Crippen LogP contribution in [0.25, 0.3) is 0 Å². The lowest BCUT2D eigenvalue weighted by Gasteiger charge is -2.23. The molecule has 1 unspecified atom stereocenters. The first-order valence-corrected chi connectivity index (χ1v) is 6.88. The predicted octanol–water partition coefficient (Wildman–Crippen LogP) is 2.97. The summed E-state index contributed by atoms with van der Waals surface area (Å²) in [4.78, 5) is 23.1. The summed E-state index contributed by atoms with van der Waals surface area (Å²) in [5.41, 5.74) is 1.44. The smallest absolute Gasteiger partial charge is 0.305 e. The maximum atomic E-state index is 12.4. The van der Waals surface area contributed by atoms with Crippen LogP contribution in [0.2, 0.25) is 0 Å². The summed E-state index contributed by atoms with van der Waals surface area (Å²) in [5, 5.41) is 11.6. The third kappa shape index (κ3) is 4.37. The number of hydrogen-bond donors (Lipinski definition) is 2. The van der Waals surface area contributed by atoms with Crippen LogP contribution in [0.3, 0.4) is 0 Å². The number of aliphatic carboxylic acids is 1. The van der Waals surface area contributed by atoms with Crippen molar-refractivity contribution in [1.29, 1.82) is 0 Å². The molecular weight excluding hydrogens is 254 g/mol. The van der Waals surface area contributed by atoms with Gasteiger partial charge in [0.15, 0.2) is 0 Å². The number of benzene rings is 1. The van der Waals surface area contributed by atoms with Crippen molar-refractivity contribution in [3.8, 4) is 0 Å². The molecule has 0 saturated carbocycles. The molecule has 0 aliphatic rings. The number of carbonyl (C=O) groups is 2. The number of hydrogen-bond acceptors (Lipinski definition) is 2. The van der Waals surface area contributed by atoms with Crippen LogP contribution >= 0.6 is 0 Å². The minimum absolute atomic E-state index is 0.0556. The molecule has 0 aliphatic carbocycles. The Kier molecular flexibility index (Phi) is 5.31. The largest absolute Gasteiger partial charge is 0.481 e. The van der Waals surface area contributed by atoms with Crippen molar-refractivity contribution < 1.29 is 14.7 Å². The number of nitrogens with one attached hydrogen (secondary N) is 1. The Hall–Kier alpha value is -1.84. The second-order valence-electron chi connectivity index (χ2n) is 5.97. The second-order valence-corrected chi connectivity index (χ2v) is 5.97. The summed E-state index contributed by atoms with van der Waals surface area (Å²) in [6.07, 6.45) is 0.537. The van der Waals surface area contributed by atoms with Gasteiger partial charge in [-0.1, -0.05) is 45.9 Å². The van der Waals surface area contributed by atoms with Gasteiger partial charge in [-0.05, 0) is 23.5 Å². The van der Waals surface area contributed by atoms with Crippen LogP contribution in [0, 0.1) is 0 Å². The highest BCUT2D eigenvalue weighted by molar-refractivity contribution is 5.96. The average molecular weight is 277 g/mol. The van der Waals surface area contributed by atoms with Gasteiger partial charge < -0.3 is 10.4 Å². The van der Waals surface area contributed by atoms with E-state index in [1.54, 1.807) is 6.07 Å². The first-order chi connectivity index (χ1) is 9.25. The summed E-state index contributed by atoms with van der Waals surface area (Å²) < 4.78 is 0. The quantitative estimate of drug-likeness (QED) is 0.869. The molecule has 1 atom stereocenters. The van der Waals surface area contributed by atoms with Crippen LogP contribution in [0.4, 0.5) is 0 Å². The molecule has 0 saturated heterocycles. The molecule has 1 rings (SSSR count). The maximum absolute atomic E-state index is 12.4. The van der Waals surface area contributed by atoms with Crippen molar-refractivity contribution in [3.63, 3.8) is 0 Å². The minimum atomic E-state index is -0.902. The van der Waals surface area contributed by atoms with E-state index in [-0.39, 0.29) is 23.8 Å². The molecule has 0 spiro atoms. The van der Waals surface area contributed by atoms with Crippen molar-refractivity contribution in [2.24, 2.45) is 0 Å². The van der Waals surface area contributed by atoms with Gasteiger partial charge in [0.2, 0.25) is 0 Å². The zero-order chi connectivity index (χ0) is 15.3. The third-order valence-corrected chi connectivity index (χ3v) is 3.23. The first-order valence-electron chi connectivity index (χ1n) is 6.88. The molecule has 0 bridgehead atoms. The summed E-state index contributed by atoms with van der Waals surface area (Å²) >= 11 is 0. The summed E-state index contributed by atoms with van der Waals surface area (Å²) in [5.74, 6) is -1.11. The number of carboxylic acids is 1. The topological polar surface area (TPSA) is 66.4 Å². The molecule has 110 valence electrons. The number of carboxylic acid groups (broad SMARTS) is 1. The van der Waals surface area contributed by atoms with E-state index in [4.69, 9.17) is 5.11 Å². The van der Waals surface area contributed by atoms with E-state index >= 15 is 0 Å². The van der Waals surface area contributed by atoms with Crippen molar-refractivity contribution in [1.82, 2.24) is 5.32 Å². The van der Waals surface area contributed by atoms with Crippen molar-refractivity contribution in [2.45, 2.75) is 52.0 Å². The highest BCUT2D eigenvalue weighted by atomic mass is 16.4. The van der Waals surface area contributed by atoms with Gasteiger partial charge in [0.25, 0.3) is 5.91 Å². The Balaban J connectivity index is 2.95. The van der Waals surface area contributed by atoms with Crippen LogP contribution in [0.1, 0.15) is 56.5 Å². The molecule has 1 aromatic rings. The summed E-state index contributed by atoms with van der Waals surface area (Å²) in [7, 11) is 0. The number of rotatable bonds is 5. The maximum Gasteiger partial charge on any atom is 0.305 e. The Bertz CT molecular complexity index is 489. The van der Waals surface area contributed by atoms with Gasteiger partial charge in [0, 0.05) is 11.6 Å². The van der Waals surface area contributed by atoms with Crippen molar-refractivity contribution in [2.75, 3.05) is 0 Å². The molecule has 0 aromatic heterocycles. The van der Waals surface area contributed by atoms with Crippen LogP contribution < -0.4 is 5.32 Å². The average Bonchev–Trinajstić information content (AvgIpc) is 2.36. The van der Waals surface area contributed by atoms with Gasteiger partial charge in [-0.3, -0.25) is 9.59 Å². The van der Waals surface area contributed by atoms with Gasteiger partial charge in [-0.15, -0.1) is 0 Å². The lowest BCUT2D eigenvalue weighted by Crippen LogP contribution is -2.37. The van der Waals surface area contributed by atoms with Crippen molar-refractivity contribution >= 4 is 11.9 Å². The Morgan fingerprint density at radius 3 is 2.35 bits per heavy atom. The van der Waals surface area contributed by atoms with Crippen LogP contribution in [0.5, 0.6) is 0 Å². The molecule has 0 heterocycles. The molecule has 20 heavy (non-hydrogen) atoms. The van der Waals surface area contributed by atoms with E-state index in [1.807, 2.05) is 45.9 Å². The molecule has 1 aromatic carbocycles. The fraction of sp³-hybridized carbons (Fsp3) is 0.500. The summed E-state index contributed by atoms with van der Waals surface area (Å²) in [6, 6.07) is 7.11. The van der Waals surface area contributed by atoms with Crippen LogP contribution in [0.15, 0.2) is 24.3 Å². The molecule has 4 nitrogen and oxygen atoms in total. The second kappa shape index (κ2) is 6.55. The fourth-order valence-corrected chi connectivity index (χ4v) is 2.11. The van der Waals surface area contributed by atoms with Crippen LogP contribution in [-0.4, -0.2) is 23.0 Å². The first kappa shape index (κ1) is 16.2. The zero-order valence-corrected chi connectivity index (χ0v) is 12.6. The van der Waals surface area contributed by atoms with Gasteiger partial charge >= 0.3 is 5.97 Å². The van der Waals surface area contributed by atoms with E-state index in [1.165, 1.54) is 0 Å². The van der Waals surface area contributed by atoms with Gasteiger partial charge in [0.1, 0.15) is 0 Å². The SMILES string of the molecule is CCC(CC(=O)O)NC(=O)c1ccccc1C(C)(C)C. The molecule has 4 heteroatoms. The lowest BCUT2D eigenvalue weighted by atomic mass is 9.83. The molecule has 2 N–H and O–H groups in total. The molecule has 0 aliphatic heterocycles. The summed E-state index contributed by atoms with van der Waals surface area (Å²) in [6.45, 7) is 8.01. The Morgan fingerprint density at radius 2 is 1.85 bits per heavy atom. The highest BCUT2D eigenvalue weighted by Crippen LogP contribution is 2.25. The van der Waals surface area contributed by atoms with Crippen LogP contribution in [-0.2, 0) is 10.2 Å². The molecule has 0 fully saturated rings. The van der Waals surface area contributed by atoms with E-state index in [9.17, 15) is 9.59 Å². The van der Waals surface area contributed by atoms with Gasteiger partial charge in [-0.2, -0.15) is 0 Å². The zero-order valence-electron chi connectivity index (χ0n) is 12.6. The monoisotopic (exact) mass is 277 g/mol. The van der Waals surface area contributed by atoms with E-state index in [2.05, 4.69) is 5.32 Å². The lowest BCUT2D eigenvalue weighted by molar-refractivity contribution is -0.137.